The lowest BCUT2D eigenvalue weighted by Crippen LogP contribution is -2.24. The molecule has 8 heteroatoms. The third kappa shape index (κ3) is 4.49. The van der Waals surface area contributed by atoms with E-state index < -0.39 is 0 Å². The number of pyridine rings is 1. The molecule has 0 saturated carbocycles. The number of hydrogen-bond acceptors (Lipinski definition) is 7. The Morgan fingerprint density at radius 3 is 2.58 bits per heavy atom. The zero-order valence-electron chi connectivity index (χ0n) is 17.9. The van der Waals surface area contributed by atoms with Crippen LogP contribution in [0.1, 0.15) is 33.2 Å². The Balaban J connectivity index is 1.74. The summed E-state index contributed by atoms with van der Waals surface area (Å²) in [7, 11) is 0. The molecule has 1 atom stereocenters. The van der Waals surface area contributed by atoms with Crippen LogP contribution in [0.25, 0.3) is 22.3 Å². The highest BCUT2D eigenvalue weighted by Gasteiger charge is 2.17. The second-order valence-corrected chi connectivity index (χ2v) is 7.69. The number of rotatable bonds is 8. The van der Waals surface area contributed by atoms with Gasteiger partial charge in [0.1, 0.15) is 0 Å². The first-order valence-corrected chi connectivity index (χ1v) is 10.5. The molecule has 4 aromatic rings. The van der Waals surface area contributed by atoms with Crippen molar-refractivity contribution in [1.82, 2.24) is 24.5 Å². The molecule has 8 nitrogen and oxygen atoms in total. The van der Waals surface area contributed by atoms with Crippen molar-refractivity contribution in [2.45, 2.75) is 39.3 Å². The summed E-state index contributed by atoms with van der Waals surface area (Å²) in [6.07, 6.45) is 6.12. The van der Waals surface area contributed by atoms with E-state index in [1.165, 1.54) is 0 Å². The van der Waals surface area contributed by atoms with Crippen molar-refractivity contribution in [3.8, 4) is 11.1 Å². The van der Waals surface area contributed by atoms with Gasteiger partial charge in [0, 0.05) is 24.1 Å². The maximum atomic E-state index is 9.59. The molecule has 1 aromatic carbocycles. The van der Waals surface area contributed by atoms with Crippen molar-refractivity contribution in [2.75, 3.05) is 17.2 Å². The molecule has 0 unspecified atom stereocenters. The number of aromatic nitrogens is 5. The Hall–Kier alpha value is -3.52. The summed E-state index contributed by atoms with van der Waals surface area (Å²) in [5.74, 6) is 1.08. The maximum Gasteiger partial charge on any atom is 0.227 e. The fraction of sp³-hybridized carbons (Fsp3) is 0.304. The molecule has 0 fully saturated rings. The Labute approximate surface area is 181 Å². The van der Waals surface area contributed by atoms with Gasteiger partial charge in [-0.1, -0.05) is 19.1 Å². The maximum absolute atomic E-state index is 9.59. The highest BCUT2D eigenvalue weighted by Crippen LogP contribution is 2.28. The number of anilines is 3. The van der Waals surface area contributed by atoms with Gasteiger partial charge in [-0.15, -0.1) is 0 Å². The quantitative estimate of drug-likeness (QED) is 0.391. The van der Waals surface area contributed by atoms with Gasteiger partial charge >= 0.3 is 0 Å². The number of imidazole rings is 1. The zero-order chi connectivity index (χ0) is 21.8. The highest BCUT2D eigenvalue weighted by molar-refractivity contribution is 5.87. The topological polar surface area (TPSA) is 101 Å². The Morgan fingerprint density at radius 2 is 1.87 bits per heavy atom. The van der Waals surface area contributed by atoms with Crippen molar-refractivity contribution in [3.63, 3.8) is 0 Å². The standard InChI is InChI=1S/C23H27N7O/c1-4-18(13-31)27-23-28-21(20-22(29-23)30(14-25-20)15(2)3)26-19-7-5-6-17(12-19)16-8-10-24-11-9-16/h5-12,14-15,18,31H,4,13H2,1-3H3,(H2,26,27,28,29)/t18-/m1/s1. The molecule has 0 radical (unpaired) electrons. The lowest BCUT2D eigenvalue weighted by atomic mass is 10.1. The molecule has 0 spiro atoms. The van der Waals surface area contributed by atoms with E-state index in [2.05, 4.69) is 56.5 Å². The van der Waals surface area contributed by atoms with E-state index in [1.54, 1.807) is 18.7 Å². The van der Waals surface area contributed by atoms with Crippen molar-refractivity contribution < 1.29 is 5.11 Å². The van der Waals surface area contributed by atoms with Gasteiger partial charge in [0.2, 0.25) is 5.95 Å². The van der Waals surface area contributed by atoms with Gasteiger partial charge in [-0.3, -0.25) is 4.98 Å². The summed E-state index contributed by atoms with van der Waals surface area (Å²) in [5.41, 5.74) is 4.51. The van der Waals surface area contributed by atoms with E-state index >= 15 is 0 Å². The van der Waals surface area contributed by atoms with Crippen LogP contribution in [0, 0.1) is 0 Å². The molecule has 3 N–H and O–H groups in total. The molecular formula is C23H27N7O. The first-order valence-electron chi connectivity index (χ1n) is 10.5. The lowest BCUT2D eigenvalue weighted by Gasteiger charge is -2.16. The number of hydrogen-bond donors (Lipinski definition) is 3. The van der Waals surface area contributed by atoms with E-state index in [-0.39, 0.29) is 18.7 Å². The molecule has 4 rings (SSSR count). The van der Waals surface area contributed by atoms with Crippen LogP contribution in [0.3, 0.4) is 0 Å². The normalized spacial score (nSPS) is 12.3. The monoisotopic (exact) mass is 417 g/mol. The SMILES string of the molecule is CC[C@H](CO)Nc1nc(Nc2cccc(-c3ccncc3)c2)c2ncn(C(C)C)c2n1. The second-order valence-electron chi connectivity index (χ2n) is 7.69. The van der Waals surface area contributed by atoms with Crippen molar-refractivity contribution in [3.05, 3.63) is 55.1 Å². The number of nitrogens with zero attached hydrogens (tertiary/aromatic N) is 5. The summed E-state index contributed by atoms with van der Waals surface area (Å²) < 4.78 is 2.01. The number of fused-ring (bicyclic) bond motifs is 1. The number of nitrogens with one attached hydrogen (secondary N) is 2. The number of benzene rings is 1. The van der Waals surface area contributed by atoms with Gasteiger partial charge in [0.15, 0.2) is 17.0 Å². The molecule has 3 heterocycles. The lowest BCUT2D eigenvalue weighted by molar-refractivity contribution is 0.271. The fourth-order valence-corrected chi connectivity index (χ4v) is 3.36. The first-order chi connectivity index (χ1) is 15.1. The van der Waals surface area contributed by atoms with Crippen LogP contribution in [-0.4, -0.2) is 42.3 Å². The largest absolute Gasteiger partial charge is 0.394 e. The third-order valence-corrected chi connectivity index (χ3v) is 5.16. The van der Waals surface area contributed by atoms with Gasteiger partial charge < -0.3 is 20.3 Å². The van der Waals surface area contributed by atoms with Crippen molar-refractivity contribution in [1.29, 1.82) is 0 Å². The van der Waals surface area contributed by atoms with Crippen LogP contribution < -0.4 is 10.6 Å². The average Bonchev–Trinajstić information content (AvgIpc) is 3.23. The summed E-state index contributed by atoms with van der Waals surface area (Å²) in [4.78, 5) is 18.0. The van der Waals surface area contributed by atoms with Gasteiger partial charge in [0.25, 0.3) is 0 Å². The van der Waals surface area contributed by atoms with Gasteiger partial charge in [-0.25, -0.2) is 4.98 Å². The summed E-state index contributed by atoms with van der Waals surface area (Å²) in [6, 6.07) is 12.2. The predicted molar refractivity (Wildman–Crippen MR) is 123 cm³/mol. The number of aliphatic hydroxyl groups is 1. The van der Waals surface area contributed by atoms with Crippen LogP contribution >= 0.6 is 0 Å². The first kappa shape index (κ1) is 20.7. The Kier molecular flexibility index (Phi) is 6.08. The van der Waals surface area contributed by atoms with Gasteiger partial charge in [-0.2, -0.15) is 9.97 Å². The summed E-state index contributed by atoms with van der Waals surface area (Å²) >= 11 is 0. The molecule has 0 bridgehead atoms. The fourth-order valence-electron chi connectivity index (χ4n) is 3.36. The third-order valence-electron chi connectivity index (χ3n) is 5.16. The van der Waals surface area contributed by atoms with Crippen LogP contribution in [0.15, 0.2) is 55.1 Å². The Morgan fingerprint density at radius 1 is 1.06 bits per heavy atom. The Bertz CT molecular complexity index is 1150. The van der Waals surface area contributed by atoms with Crippen molar-refractivity contribution >= 4 is 28.6 Å². The summed E-state index contributed by atoms with van der Waals surface area (Å²) in [6.45, 7) is 6.20. The molecule has 0 aliphatic carbocycles. The molecule has 0 amide bonds. The van der Waals surface area contributed by atoms with Gasteiger partial charge in [-0.05, 0) is 55.7 Å². The van der Waals surface area contributed by atoms with E-state index in [9.17, 15) is 5.11 Å². The van der Waals surface area contributed by atoms with Gasteiger partial charge in [0.05, 0.1) is 19.0 Å². The molecule has 0 aliphatic heterocycles. The van der Waals surface area contributed by atoms with Crippen LogP contribution in [0.2, 0.25) is 0 Å². The molecule has 0 saturated heterocycles. The van der Waals surface area contributed by atoms with E-state index in [0.29, 0.717) is 17.3 Å². The molecule has 3 aromatic heterocycles. The summed E-state index contributed by atoms with van der Waals surface area (Å²) in [5, 5.41) is 16.2. The minimum Gasteiger partial charge on any atom is -0.394 e. The van der Waals surface area contributed by atoms with Crippen LogP contribution in [0.5, 0.6) is 0 Å². The molecular weight excluding hydrogens is 390 g/mol. The molecule has 0 aliphatic rings. The van der Waals surface area contributed by atoms with E-state index in [1.807, 2.05) is 35.8 Å². The second kappa shape index (κ2) is 9.09. The van der Waals surface area contributed by atoms with Crippen molar-refractivity contribution in [2.24, 2.45) is 0 Å². The predicted octanol–water partition coefficient (Wildman–Crippen LogP) is 4.40. The van der Waals surface area contributed by atoms with E-state index in [0.717, 1.165) is 28.9 Å². The smallest absolute Gasteiger partial charge is 0.227 e. The van der Waals surface area contributed by atoms with Crippen LogP contribution in [-0.2, 0) is 0 Å². The minimum atomic E-state index is -0.115. The zero-order valence-corrected chi connectivity index (χ0v) is 17.9. The number of aliphatic hydroxyl groups excluding tert-OH is 1. The average molecular weight is 418 g/mol. The molecule has 31 heavy (non-hydrogen) atoms. The minimum absolute atomic E-state index is 0.0120. The van der Waals surface area contributed by atoms with E-state index in [4.69, 9.17) is 0 Å². The highest BCUT2D eigenvalue weighted by atomic mass is 16.3. The van der Waals surface area contributed by atoms with Crippen LogP contribution in [0.4, 0.5) is 17.5 Å². The molecule has 160 valence electrons.